The predicted molar refractivity (Wildman–Crippen MR) is 84.3 cm³/mol. The van der Waals surface area contributed by atoms with E-state index < -0.39 is 11.5 Å². The van der Waals surface area contributed by atoms with Crippen LogP contribution in [0.1, 0.15) is 48.5 Å². The summed E-state index contributed by atoms with van der Waals surface area (Å²) in [6, 6.07) is 5.28. The van der Waals surface area contributed by atoms with E-state index in [9.17, 15) is 14.7 Å². The highest BCUT2D eigenvalue weighted by Crippen LogP contribution is 2.34. The van der Waals surface area contributed by atoms with Gasteiger partial charge in [-0.15, -0.1) is 0 Å². The number of aryl methyl sites for hydroxylation is 1. The highest BCUT2D eigenvalue weighted by atomic mass is 79.9. The molecule has 0 heterocycles. The van der Waals surface area contributed by atoms with Crippen LogP contribution in [0, 0.1) is 12.8 Å². The van der Waals surface area contributed by atoms with E-state index >= 15 is 0 Å². The third-order valence-corrected chi connectivity index (χ3v) is 5.33. The zero-order valence-electron chi connectivity index (χ0n) is 12.3. The molecule has 1 fully saturated rings. The Bertz CT molecular complexity index is 573. The fourth-order valence-corrected chi connectivity index (χ4v) is 3.21. The average molecular weight is 354 g/mol. The Morgan fingerprint density at radius 3 is 2.67 bits per heavy atom. The number of benzene rings is 1. The number of hydrogen-bond donors (Lipinski definition) is 2. The quantitative estimate of drug-likeness (QED) is 0.873. The number of carbonyl (C=O) groups is 2. The average Bonchev–Trinajstić information content (AvgIpc) is 2.44. The summed E-state index contributed by atoms with van der Waals surface area (Å²) in [5.41, 5.74) is 0.300. The van der Waals surface area contributed by atoms with Crippen molar-refractivity contribution < 1.29 is 14.7 Å². The van der Waals surface area contributed by atoms with Gasteiger partial charge in [0.15, 0.2) is 0 Å². The number of nitrogens with one attached hydrogen (secondary N) is 1. The third kappa shape index (κ3) is 3.12. The Labute approximate surface area is 133 Å². The molecule has 1 aromatic rings. The summed E-state index contributed by atoms with van der Waals surface area (Å²) >= 11 is 3.39. The maximum atomic E-state index is 12.4. The van der Waals surface area contributed by atoms with E-state index in [0.717, 1.165) is 29.3 Å². The van der Waals surface area contributed by atoms with Gasteiger partial charge in [0.25, 0.3) is 5.91 Å². The van der Waals surface area contributed by atoms with Crippen molar-refractivity contribution in [1.82, 2.24) is 5.32 Å². The number of halogens is 1. The molecule has 4 nitrogen and oxygen atoms in total. The number of aliphatic carboxylic acids is 1. The van der Waals surface area contributed by atoms with E-state index in [4.69, 9.17) is 0 Å². The topological polar surface area (TPSA) is 66.4 Å². The van der Waals surface area contributed by atoms with Crippen molar-refractivity contribution >= 4 is 27.8 Å². The fraction of sp³-hybridized carbons (Fsp3) is 0.500. The van der Waals surface area contributed by atoms with Gasteiger partial charge in [0.1, 0.15) is 5.54 Å². The minimum absolute atomic E-state index is 0.0655. The Kier molecular flexibility index (Phi) is 4.71. The molecule has 2 atom stereocenters. The number of carbonyl (C=O) groups excluding carboxylic acids is 1. The lowest BCUT2D eigenvalue weighted by atomic mass is 9.73. The number of hydrogen-bond acceptors (Lipinski definition) is 2. The molecule has 0 spiro atoms. The predicted octanol–water partition coefficient (Wildman–Crippen LogP) is 3.52. The summed E-state index contributed by atoms with van der Waals surface area (Å²) in [6.45, 7) is 3.80. The van der Waals surface area contributed by atoms with Gasteiger partial charge < -0.3 is 10.4 Å². The van der Waals surface area contributed by atoms with Crippen molar-refractivity contribution in [1.29, 1.82) is 0 Å². The SMILES string of the molecule is Cc1cc(C(=O)NC2(C(=O)O)CCCCC2C)ccc1Br. The second-order valence-corrected chi connectivity index (χ2v) is 6.70. The highest BCUT2D eigenvalue weighted by Gasteiger charge is 2.46. The standard InChI is InChI=1S/C16H20BrNO3/c1-10-9-12(6-7-13(10)17)14(19)18-16(15(20)21)8-4-3-5-11(16)2/h6-7,9,11H,3-5,8H2,1-2H3,(H,18,19)(H,20,21). The first-order chi connectivity index (χ1) is 9.86. The molecule has 2 N–H and O–H groups in total. The molecule has 1 saturated carbocycles. The smallest absolute Gasteiger partial charge is 0.329 e. The maximum Gasteiger partial charge on any atom is 0.329 e. The minimum atomic E-state index is -1.14. The van der Waals surface area contributed by atoms with Crippen LogP contribution in [0.15, 0.2) is 22.7 Å². The van der Waals surface area contributed by atoms with Gasteiger partial charge in [0.05, 0.1) is 0 Å². The van der Waals surface area contributed by atoms with E-state index in [2.05, 4.69) is 21.2 Å². The van der Waals surface area contributed by atoms with Crippen LogP contribution in [-0.2, 0) is 4.79 Å². The number of carboxylic acids is 1. The highest BCUT2D eigenvalue weighted by molar-refractivity contribution is 9.10. The van der Waals surface area contributed by atoms with E-state index in [1.54, 1.807) is 12.1 Å². The molecule has 0 radical (unpaired) electrons. The van der Waals surface area contributed by atoms with Gasteiger partial charge in [-0.1, -0.05) is 35.7 Å². The van der Waals surface area contributed by atoms with Crippen molar-refractivity contribution in [2.45, 2.75) is 45.1 Å². The zero-order chi connectivity index (χ0) is 15.6. The van der Waals surface area contributed by atoms with Crippen LogP contribution in [-0.4, -0.2) is 22.5 Å². The molecule has 0 aromatic heterocycles. The van der Waals surface area contributed by atoms with Crippen LogP contribution in [0.3, 0.4) is 0 Å². The van der Waals surface area contributed by atoms with E-state index in [1.807, 2.05) is 19.9 Å². The van der Waals surface area contributed by atoms with Crippen molar-refractivity contribution in [3.05, 3.63) is 33.8 Å². The normalized spacial score (nSPS) is 25.4. The molecule has 1 amide bonds. The molecule has 2 rings (SSSR count). The molecule has 1 aliphatic rings. The number of amides is 1. The van der Waals surface area contributed by atoms with E-state index in [1.165, 1.54) is 0 Å². The van der Waals surface area contributed by atoms with Crippen LogP contribution < -0.4 is 5.32 Å². The number of carboxylic acid groups (broad SMARTS) is 1. The lowest BCUT2D eigenvalue weighted by molar-refractivity contribution is -0.148. The van der Waals surface area contributed by atoms with Gasteiger partial charge in [-0.05, 0) is 49.4 Å². The molecule has 0 saturated heterocycles. The van der Waals surface area contributed by atoms with Gasteiger partial charge in [-0.3, -0.25) is 4.79 Å². The Morgan fingerprint density at radius 2 is 2.10 bits per heavy atom. The van der Waals surface area contributed by atoms with Crippen molar-refractivity contribution in [2.75, 3.05) is 0 Å². The lowest BCUT2D eigenvalue weighted by Crippen LogP contribution is -2.60. The van der Waals surface area contributed by atoms with Gasteiger partial charge in [0.2, 0.25) is 0 Å². The molecule has 21 heavy (non-hydrogen) atoms. The summed E-state index contributed by atoms with van der Waals surface area (Å²) < 4.78 is 0.929. The molecule has 1 aliphatic carbocycles. The van der Waals surface area contributed by atoms with Gasteiger partial charge in [-0.25, -0.2) is 4.79 Å². The first-order valence-electron chi connectivity index (χ1n) is 7.19. The van der Waals surface area contributed by atoms with Crippen LogP contribution in [0.5, 0.6) is 0 Å². The molecule has 0 aliphatic heterocycles. The largest absolute Gasteiger partial charge is 0.479 e. The van der Waals surface area contributed by atoms with Gasteiger partial charge >= 0.3 is 5.97 Å². The number of rotatable bonds is 3. The molecule has 114 valence electrons. The second-order valence-electron chi connectivity index (χ2n) is 5.84. The molecule has 1 aromatic carbocycles. The summed E-state index contributed by atoms with van der Waals surface area (Å²) in [6.07, 6.45) is 3.16. The van der Waals surface area contributed by atoms with Crippen LogP contribution in [0.4, 0.5) is 0 Å². The first kappa shape index (κ1) is 16.0. The molecule has 5 heteroatoms. The lowest BCUT2D eigenvalue weighted by Gasteiger charge is -2.39. The zero-order valence-corrected chi connectivity index (χ0v) is 13.9. The summed E-state index contributed by atoms with van der Waals surface area (Å²) in [4.78, 5) is 24.2. The molecular weight excluding hydrogens is 334 g/mol. The molecular formula is C16H20BrNO3. The minimum Gasteiger partial charge on any atom is -0.479 e. The summed E-state index contributed by atoms with van der Waals surface area (Å²) in [5.74, 6) is -1.32. The Balaban J connectivity index is 2.26. The third-order valence-electron chi connectivity index (χ3n) is 4.44. The van der Waals surface area contributed by atoms with E-state index in [-0.39, 0.29) is 11.8 Å². The van der Waals surface area contributed by atoms with Crippen LogP contribution >= 0.6 is 15.9 Å². The van der Waals surface area contributed by atoms with Crippen LogP contribution in [0.2, 0.25) is 0 Å². The maximum absolute atomic E-state index is 12.4. The van der Waals surface area contributed by atoms with Crippen molar-refractivity contribution in [2.24, 2.45) is 5.92 Å². The van der Waals surface area contributed by atoms with Crippen molar-refractivity contribution in [3.63, 3.8) is 0 Å². The van der Waals surface area contributed by atoms with Crippen LogP contribution in [0.25, 0.3) is 0 Å². The fourth-order valence-electron chi connectivity index (χ4n) is 2.96. The summed E-state index contributed by atoms with van der Waals surface area (Å²) in [5, 5.41) is 12.4. The Morgan fingerprint density at radius 1 is 1.38 bits per heavy atom. The van der Waals surface area contributed by atoms with E-state index in [0.29, 0.717) is 12.0 Å². The van der Waals surface area contributed by atoms with Gasteiger partial charge in [0, 0.05) is 10.0 Å². The monoisotopic (exact) mass is 353 g/mol. The summed E-state index contributed by atoms with van der Waals surface area (Å²) in [7, 11) is 0. The molecule has 0 bridgehead atoms. The van der Waals surface area contributed by atoms with Crippen molar-refractivity contribution in [3.8, 4) is 0 Å². The second kappa shape index (κ2) is 6.18. The molecule has 2 unspecified atom stereocenters. The first-order valence-corrected chi connectivity index (χ1v) is 7.98. The van der Waals surface area contributed by atoms with Gasteiger partial charge in [-0.2, -0.15) is 0 Å². The Hall–Kier alpha value is -1.36.